The van der Waals surface area contributed by atoms with E-state index in [1.54, 1.807) is 19.4 Å². The van der Waals surface area contributed by atoms with Crippen LogP contribution in [0.3, 0.4) is 0 Å². The largest absolute Gasteiger partial charge is 0.496 e. The van der Waals surface area contributed by atoms with Crippen LogP contribution < -0.4 is 10.1 Å². The molecule has 0 bridgehead atoms. The van der Waals surface area contributed by atoms with Crippen LogP contribution in [0, 0.1) is 0 Å². The minimum Gasteiger partial charge on any atom is -0.496 e. The van der Waals surface area contributed by atoms with Gasteiger partial charge in [0.1, 0.15) is 5.75 Å². The van der Waals surface area contributed by atoms with Gasteiger partial charge in [0.15, 0.2) is 0 Å². The molecule has 4 heteroatoms. The molecule has 3 aromatic rings. The zero-order chi connectivity index (χ0) is 15.4. The molecule has 22 heavy (non-hydrogen) atoms. The van der Waals surface area contributed by atoms with Gasteiger partial charge in [-0.2, -0.15) is 0 Å². The Labute approximate surface area is 128 Å². The summed E-state index contributed by atoms with van der Waals surface area (Å²) in [4.78, 5) is 16.7. The minimum atomic E-state index is -0.143. The van der Waals surface area contributed by atoms with Crippen molar-refractivity contribution in [1.82, 2.24) is 10.3 Å². The van der Waals surface area contributed by atoms with E-state index >= 15 is 0 Å². The molecule has 1 aromatic heterocycles. The molecule has 1 N–H and O–H groups in total. The highest BCUT2D eigenvalue weighted by atomic mass is 16.5. The first-order chi connectivity index (χ1) is 10.8. The molecular formula is C18H16N2O2. The maximum absolute atomic E-state index is 12.4. The van der Waals surface area contributed by atoms with Crippen LogP contribution in [-0.4, -0.2) is 18.0 Å². The minimum absolute atomic E-state index is 0.143. The molecule has 2 aromatic carbocycles. The van der Waals surface area contributed by atoms with Crippen LogP contribution in [-0.2, 0) is 6.54 Å². The highest BCUT2D eigenvalue weighted by molar-refractivity contribution is 6.05. The number of carbonyl (C=O) groups excluding carboxylic acids is 1. The number of ether oxygens (including phenoxy) is 1. The number of hydrogen-bond acceptors (Lipinski definition) is 3. The zero-order valence-corrected chi connectivity index (χ0v) is 12.2. The van der Waals surface area contributed by atoms with Crippen LogP contribution >= 0.6 is 0 Å². The molecule has 3 rings (SSSR count). The fourth-order valence-electron chi connectivity index (χ4n) is 2.41. The number of nitrogens with zero attached hydrogens (tertiary/aromatic N) is 1. The number of amides is 1. The quantitative estimate of drug-likeness (QED) is 0.803. The first-order valence-corrected chi connectivity index (χ1v) is 7.03. The molecular weight excluding hydrogens is 276 g/mol. The lowest BCUT2D eigenvalue weighted by Crippen LogP contribution is -2.23. The Balaban J connectivity index is 1.82. The van der Waals surface area contributed by atoms with E-state index in [-0.39, 0.29) is 5.91 Å². The first-order valence-electron chi connectivity index (χ1n) is 7.03. The number of aromatic nitrogens is 1. The maximum Gasteiger partial charge on any atom is 0.253 e. The molecule has 0 fully saturated rings. The third kappa shape index (κ3) is 2.76. The van der Waals surface area contributed by atoms with Gasteiger partial charge in [0.2, 0.25) is 0 Å². The van der Waals surface area contributed by atoms with E-state index in [9.17, 15) is 4.79 Å². The number of pyridine rings is 1. The second-order valence-corrected chi connectivity index (χ2v) is 4.88. The van der Waals surface area contributed by atoms with Crippen LogP contribution in [0.25, 0.3) is 10.9 Å². The molecule has 1 amide bonds. The van der Waals surface area contributed by atoms with Gasteiger partial charge in [0.05, 0.1) is 18.2 Å². The SMILES string of the molecule is COc1ccccc1CNC(=O)c1cccc2cccnc12. The molecule has 110 valence electrons. The zero-order valence-electron chi connectivity index (χ0n) is 12.2. The van der Waals surface area contributed by atoms with Gasteiger partial charge in [0, 0.05) is 23.7 Å². The number of carbonyl (C=O) groups is 1. The molecule has 0 saturated heterocycles. The Morgan fingerprint density at radius 3 is 2.77 bits per heavy atom. The molecule has 0 spiro atoms. The lowest BCUT2D eigenvalue weighted by atomic mass is 10.1. The second kappa shape index (κ2) is 6.26. The van der Waals surface area contributed by atoms with Crippen molar-refractivity contribution >= 4 is 16.8 Å². The summed E-state index contributed by atoms with van der Waals surface area (Å²) in [5.74, 6) is 0.619. The monoisotopic (exact) mass is 292 g/mol. The Hall–Kier alpha value is -2.88. The average Bonchev–Trinajstić information content (AvgIpc) is 2.59. The van der Waals surface area contributed by atoms with Crippen LogP contribution in [0.1, 0.15) is 15.9 Å². The summed E-state index contributed by atoms with van der Waals surface area (Å²) in [5, 5.41) is 3.87. The van der Waals surface area contributed by atoms with Gasteiger partial charge in [0.25, 0.3) is 5.91 Å². The van der Waals surface area contributed by atoms with Crippen molar-refractivity contribution in [2.24, 2.45) is 0 Å². The molecule has 0 radical (unpaired) electrons. The smallest absolute Gasteiger partial charge is 0.253 e. The van der Waals surface area contributed by atoms with E-state index in [1.165, 1.54) is 0 Å². The van der Waals surface area contributed by atoms with E-state index in [0.717, 1.165) is 16.7 Å². The predicted octanol–water partition coefficient (Wildman–Crippen LogP) is 3.17. The third-order valence-corrected chi connectivity index (χ3v) is 3.51. The topological polar surface area (TPSA) is 51.2 Å². The number of nitrogens with one attached hydrogen (secondary N) is 1. The normalized spacial score (nSPS) is 10.4. The highest BCUT2D eigenvalue weighted by Gasteiger charge is 2.11. The van der Waals surface area contributed by atoms with Gasteiger partial charge in [-0.05, 0) is 18.2 Å². The number of fused-ring (bicyclic) bond motifs is 1. The summed E-state index contributed by atoms with van der Waals surface area (Å²) >= 11 is 0. The van der Waals surface area contributed by atoms with Crippen LogP contribution in [0.15, 0.2) is 60.8 Å². The number of rotatable bonds is 4. The van der Waals surface area contributed by atoms with Gasteiger partial charge < -0.3 is 10.1 Å². The fourth-order valence-corrected chi connectivity index (χ4v) is 2.41. The summed E-state index contributed by atoms with van der Waals surface area (Å²) < 4.78 is 5.29. The van der Waals surface area contributed by atoms with Crippen LogP contribution in [0.5, 0.6) is 5.75 Å². The lowest BCUT2D eigenvalue weighted by molar-refractivity contribution is 0.0952. The maximum atomic E-state index is 12.4. The van der Waals surface area contributed by atoms with Crippen molar-refractivity contribution in [3.8, 4) is 5.75 Å². The van der Waals surface area contributed by atoms with Crippen molar-refractivity contribution in [2.45, 2.75) is 6.54 Å². The van der Waals surface area contributed by atoms with Gasteiger partial charge >= 0.3 is 0 Å². The average molecular weight is 292 g/mol. The first kappa shape index (κ1) is 14.1. The molecule has 0 aliphatic rings. The molecule has 0 saturated carbocycles. The van der Waals surface area contributed by atoms with E-state index in [0.29, 0.717) is 17.6 Å². The number of hydrogen-bond donors (Lipinski definition) is 1. The van der Waals surface area contributed by atoms with E-state index in [4.69, 9.17) is 4.74 Å². The summed E-state index contributed by atoms with van der Waals surface area (Å²) in [7, 11) is 1.62. The van der Waals surface area contributed by atoms with Crippen molar-refractivity contribution in [1.29, 1.82) is 0 Å². The molecule has 4 nitrogen and oxygen atoms in total. The Morgan fingerprint density at radius 2 is 1.91 bits per heavy atom. The number of methoxy groups -OCH3 is 1. The van der Waals surface area contributed by atoms with Crippen molar-refractivity contribution in [3.05, 3.63) is 71.9 Å². The standard InChI is InChI=1S/C18H16N2O2/c1-22-16-10-3-2-6-14(16)12-20-18(21)15-9-4-7-13-8-5-11-19-17(13)15/h2-11H,12H2,1H3,(H,20,21). The van der Waals surface area contributed by atoms with Crippen LogP contribution in [0.4, 0.5) is 0 Å². The van der Waals surface area contributed by atoms with E-state index in [2.05, 4.69) is 10.3 Å². The molecule has 1 heterocycles. The molecule has 0 atom stereocenters. The van der Waals surface area contributed by atoms with Crippen molar-refractivity contribution in [2.75, 3.05) is 7.11 Å². The van der Waals surface area contributed by atoms with Crippen molar-refractivity contribution < 1.29 is 9.53 Å². The number of benzene rings is 2. The number of para-hydroxylation sites is 2. The fraction of sp³-hybridized carbons (Fsp3) is 0.111. The van der Waals surface area contributed by atoms with Gasteiger partial charge in [-0.1, -0.05) is 36.4 Å². The Morgan fingerprint density at radius 1 is 1.09 bits per heavy atom. The summed E-state index contributed by atoms with van der Waals surface area (Å²) in [6.45, 7) is 0.409. The van der Waals surface area contributed by atoms with Gasteiger partial charge in [-0.15, -0.1) is 0 Å². The predicted molar refractivity (Wildman–Crippen MR) is 85.9 cm³/mol. The lowest BCUT2D eigenvalue weighted by Gasteiger charge is -2.10. The highest BCUT2D eigenvalue weighted by Crippen LogP contribution is 2.18. The van der Waals surface area contributed by atoms with Gasteiger partial charge in [-0.3, -0.25) is 9.78 Å². The Bertz CT molecular complexity index is 810. The van der Waals surface area contributed by atoms with Crippen LogP contribution in [0.2, 0.25) is 0 Å². The Kier molecular flexibility index (Phi) is 4.01. The molecule has 0 aliphatic carbocycles. The van der Waals surface area contributed by atoms with Crippen molar-refractivity contribution in [3.63, 3.8) is 0 Å². The third-order valence-electron chi connectivity index (χ3n) is 3.51. The van der Waals surface area contributed by atoms with E-state index in [1.807, 2.05) is 48.5 Å². The summed E-state index contributed by atoms with van der Waals surface area (Å²) in [5.41, 5.74) is 2.22. The molecule has 0 aliphatic heterocycles. The van der Waals surface area contributed by atoms with Gasteiger partial charge in [-0.25, -0.2) is 0 Å². The summed E-state index contributed by atoms with van der Waals surface area (Å²) in [6, 6.07) is 17.0. The summed E-state index contributed by atoms with van der Waals surface area (Å²) in [6.07, 6.45) is 1.69. The second-order valence-electron chi connectivity index (χ2n) is 4.88. The van der Waals surface area contributed by atoms with E-state index < -0.39 is 0 Å². The molecule has 0 unspecified atom stereocenters.